The van der Waals surface area contributed by atoms with Crippen molar-refractivity contribution in [2.45, 2.75) is 44.6 Å². The van der Waals surface area contributed by atoms with E-state index in [4.69, 9.17) is 21.7 Å². The minimum absolute atomic E-state index is 0.00789. The first-order valence-corrected chi connectivity index (χ1v) is 8.67. The van der Waals surface area contributed by atoms with E-state index in [-0.39, 0.29) is 11.5 Å². The Morgan fingerprint density at radius 3 is 2.62 bits per heavy atom. The van der Waals surface area contributed by atoms with Gasteiger partial charge in [-0.15, -0.1) is 0 Å². The molecule has 0 saturated heterocycles. The molecule has 0 bridgehead atoms. The Morgan fingerprint density at radius 1 is 1.29 bits per heavy atom. The molecule has 0 aliphatic heterocycles. The molecule has 2 rings (SSSR count). The van der Waals surface area contributed by atoms with Crippen LogP contribution in [0.4, 0.5) is 5.69 Å². The number of esters is 1. The summed E-state index contributed by atoms with van der Waals surface area (Å²) in [4.78, 5) is 11.7. The molecular weight excluding hydrogens is 324 g/mol. The molecule has 5 nitrogen and oxygen atoms in total. The van der Waals surface area contributed by atoms with Gasteiger partial charge in [-0.25, -0.2) is 4.79 Å². The number of aryl methyl sites for hydroxylation is 1. The highest BCUT2D eigenvalue weighted by molar-refractivity contribution is 7.80. The molecule has 1 fully saturated rings. The third kappa shape index (κ3) is 4.68. The van der Waals surface area contributed by atoms with Gasteiger partial charge in [-0.1, -0.05) is 18.9 Å². The summed E-state index contributed by atoms with van der Waals surface area (Å²) in [5.41, 5.74) is 2.34. The fraction of sp³-hybridized carbons (Fsp3) is 0.556. The summed E-state index contributed by atoms with van der Waals surface area (Å²) in [5.74, 6) is -0.357. The number of methoxy groups -OCH3 is 2. The maximum absolute atomic E-state index is 11.7. The van der Waals surface area contributed by atoms with Crippen molar-refractivity contribution >= 4 is 29.0 Å². The fourth-order valence-electron chi connectivity index (χ4n) is 3.18. The highest BCUT2D eigenvalue weighted by Gasteiger charge is 2.34. The Hall–Kier alpha value is -1.66. The smallest absolute Gasteiger partial charge is 0.337 e. The molecule has 24 heavy (non-hydrogen) atoms. The Bertz CT molecular complexity index is 598. The van der Waals surface area contributed by atoms with Gasteiger partial charge in [0.05, 0.1) is 12.7 Å². The van der Waals surface area contributed by atoms with Gasteiger partial charge in [0.15, 0.2) is 5.11 Å². The van der Waals surface area contributed by atoms with Crippen molar-refractivity contribution in [3.63, 3.8) is 0 Å². The van der Waals surface area contributed by atoms with Gasteiger partial charge in [0.1, 0.15) is 0 Å². The first kappa shape index (κ1) is 18.7. The van der Waals surface area contributed by atoms with E-state index in [0.29, 0.717) is 17.3 Å². The number of thiocarbonyl (C=S) groups is 1. The van der Waals surface area contributed by atoms with Crippen molar-refractivity contribution in [2.24, 2.45) is 0 Å². The van der Waals surface area contributed by atoms with E-state index in [1.165, 1.54) is 20.0 Å². The maximum Gasteiger partial charge on any atom is 0.337 e. The van der Waals surface area contributed by atoms with Gasteiger partial charge >= 0.3 is 5.97 Å². The van der Waals surface area contributed by atoms with Crippen LogP contribution in [-0.2, 0) is 9.47 Å². The molecule has 1 aromatic carbocycles. The molecule has 0 aromatic heterocycles. The van der Waals surface area contributed by atoms with Crippen molar-refractivity contribution in [3.05, 3.63) is 29.3 Å². The zero-order chi connectivity index (χ0) is 17.6. The Morgan fingerprint density at radius 2 is 2.00 bits per heavy atom. The van der Waals surface area contributed by atoms with Crippen LogP contribution in [0, 0.1) is 6.92 Å². The van der Waals surface area contributed by atoms with Crippen LogP contribution in [0.3, 0.4) is 0 Å². The number of hydrogen-bond acceptors (Lipinski definition) is 4. The molecule has 1 aliphatic rings. The second kappa shape index (κ2) is 8.44. The Kier molecular flexibility index (Phi) is 6.57. The van der Waals surface area contributed by atoms with Gasteiger partial charge in [0, 0.05) is 24.9 Å². The van der Waals surface area contributed by atoms with Crippen LogP contribution in [0.5, 0.6) is 0 Å². The number of hydrogen-bond donors (Lipinski definition) is 2. The van der Waals surface area contributed by atoms with Crippen molar-refractivity contribution in [3.8, 4) is 0 Å². The molecule has 0 atom stereocenters. The summed E-state index contributed by atoms with van der Waals surface area (Å²) in [7, 11) is 3.10. The average Bonchev–Trinajstić information content (AvgIpc) is 3.02. The van der Waals surface area contributed by atoms with Crippen LogP contribution in [-0.4, -0.2) is 37.4 Å². The van der Waals surface area contributed by atoms with Crippen LogP contribution in [0.25, 0.3) is 0 Å². The van der Waals surface area contributed by atoms with Crippen LogP contribution >= 0.6 is 12.2 Å². The first-order valence-electron chi connectivity index (χ1n) is 8.27. The molecular formula is C18H26N2O3S. The lowest BCUT2D eigenvalue weighted by molar-refractivity contribution is 0.0601. The quantitative estimate of drug-likeness (QED) is 0.606. The topological polar surface area (TPSA) is 59.6 Å². The molecule has 0 amide bonds. The predicted molar refractivity (Wildman–Crippen MR) is 99.6 cm³/mol. The molecule has 0 spiro atoms. The van der Waals surface area contributed by atoms with Crippen LogP contribution in [0.15, 0.2) is 18.2 Å². The van der Waals surface area contributed by atoms with Gasteiger partial charge in [0.25, 0.3) is 0 Å². The number of rotatable bonds is 6. The minimum Gasteiger partial charge on any atom is -0.465 e. The summed E-state index contributed by atoms with van der Waals surface area (Å²) in [6, 6.07) is 5.40. The zero-order valence-corrected chi connectivity index (χ0v) is 15.4. The van der Waals surface area contributed by atoms with E-state index in [1.54, 1.807) is 19.2 Å². The molecule has 0 unspecified atom stereocenters. The second-order valence-electron chi connectivity index (χ2n) is 6.33. The summed E-state index contributed by atoms with van der Waals surface area (Å²) in [5, 5.41) is 7.30. The lowest BCUT2D eigenvalue weighted by Crippen LogP contribution is -2.48. The molecule has 6 heteroatoms. The number of carbonyl (C=O) groups is 1. The lowest BCUT2D eigenvalue weighted by atomic mass is 9.94. The standard InChI is InChI=1S/C18H26N2O3S/c1-13-6-7-14(16(21)23-3)12-15(13)19-17(24)20-18(10-11-22-2)8-4-5-9-18/h6-7,12H,4-5,8-11H2,1-3H3,(H2,19,20,24). The van der Waals surface area contributed by atoms with Gasteiger partial charge in [-0.2, -0.15) is 0 Å². The zero-order valence-electron chi connectivity index (χ0n) is 14.6. The maximum atomic E-state index is 11.7. The van der Waals surface area contributed by atoms with Crippen molar-refractivity contribution in [1.29, 1.82) is 0 Å². The van der Waals surface area contributed by atoms with Gasteiger partial charge in [0.2, 0.25) is 0 Å². The lowest BCUT2D eigenvalue weighted by Gasteiger charge is -2.32. The van der Waals surface area contributed by atoms with Gasteiger partial charge in [-0.3, -0.25) is 0 Å². The van der Waals surface area contributed by atoms with Crippen LogP contribution in [0.2, 0.25) is 0 Å². The van der Waals surface area contributed by atoms with E-state index in [1.807, 2.05) is 13.0 Å². The van der Waals surface area contributed by atoms with E-state index in [9.17, 15) is 4.79 Å². The number of carbonyl (C=O) groups excluding carboxylic acids is 1. The minimum atomic E-state index is -0.357. The molecule has 0 heterocycles. The molecule has 1 aromatic rings. The van der Waals surface area contributed by atoms with Crippen LogP contribution < -0.4 is 10.6 Å². The van der Waals surface area contributed by atoms with Crippen molar-refractivity contribution < 1.29 is 14.3 Å². The highest BCUT2D eigenvalue weighted by atomic mass is 32.1. The average molecular weight is 350 g/mol. The van der Waals surface area contributed by atoms with E-state index >= 15 is 0 Å². The molecule has 0 radical (unpaired) electrons. The Labute approximate surface area is 149 Å². The molecule has 1 aliphatic carbocycles. The van der Waals surface area contributed by atoms with E-state index in [0.717, 1.165) is 30.5 Å². The van der Waals surface area contributed by atoms with E-state index in [2.05, 4.69) is 10.6 Å². The third-order valence-corrected chi connectivity index (χ3v) is 4.84. The summed E-state index contributed by atoms with van der Waals surface area (Å²) in [6.45, 7) is 2.69. The number of anilines is 1. The third-order valence-electron chi connectivity index (χ3n) is 4.63. The fourth-order valence-corrected chi connectivity index (χ4v) is 3.51. The molecule has 1 saturated carbocycles. The highest BCUT2D eigenvalue weighted by Crippen LogP contribution is 2.32. The second-order valence-corrected chi connectivity index (χ2v) is 6.74. The normalized spacial score (nSPS) is 15.8. The number of benzene rings is 1. The van der Waals surface area contributed by atoms with Crippen molar-refractivity contribution in [1.82, 2.24) is 5.32 Å². The largest absolute Gasteiger partial charge is 0.465 e. The first-order chi connectivity index (χ1) is 11.5. The summed E-state index contributed by atoms with van der Waals surface area (Å²) in [6.07, 6.45) is 5.54. The van der Waals surface area contributed by atoms with Crippen LogP contribution in [0.1, 0.15) is 48.0 Å². The summed E-state index contributed by atoms with van der Waals surface area (Å²) >= 11 is 5.51. The summed E-state index contributed by atoms with van der Waals surface area (Å²) < 4.78 is 10.0. The number of nitrogens with one attached hydrogen (secondary N) is 2. The predicted octanol–water partition coefficient (Wildman–Crippen LogP) is 3.42. The SMILES string of the molecule is COCCC1(NC(=S)Nc2cc(C(=O)OC)ccc2C)CCCC1. The monoisotopic (exact) mass is 350 g/mol. The number of ether oxygens (including phenoxy) is 2. The Balaban J connectivity index is 2.07. The van der Waals surface area contributed by atoms with Gasteiger partial charge in [-0.05, 0) is 56.1 Å². The molecule has 132 valence electrons. The van der Waals surface area contributed by atoms with E-state index < -0.39 is 0 Å². The van der Waals surface area contributed by atoms with Gasteiger partial charge < -0.3 is 20.1 Å². The van der Waals surface area contributed by atoms with Crippen molar-refractivity contribution in [2.75, 3.05) is 26.1 Å². The molecule has 2 N–H and O–H groups in total.